The van der Waals surface area contributed by atoms with Crippen LogP contribution in [-0.4, -0.2) is 39.4 Å². The van der Waals surface area contributed by atoms with E-state index in [4.69, 9.17) is 10.3 Å². The molecule has 1 aliphatic heterocycles. The van der Waals surface area contributed by atoms with Gasteiger partial charge in [0.25, 0.3) is 0 Å². The van der Waals surface area contributed by atoms with Crippen LogP contribution in [0.2, 0.25) is 0 Å². The minimum absolute atomic E-state index is 0.193. The van der Waals surface area contributed by atoms with Crippen molar-refractivity contribution in [2.24, 2.45) is 0 Å². The fourth-order valence-corrected chi connectivity index (χ4v) is 3.81. The summed E-state index contributed by atoms with van der Waals surface area (Å²) >= 11 is 0. The number of benzene rings is 2. The molecule has 5 rings (SSSR count). The second-order valence-corrected chi connectivity index (χ2v) is 7.31. The third-order valence-corrected chi connectivity index (χ3v) is 5.38. The molecule has 2 aromatic heterocycles. The van der Waals surface area contributed by atoms with Gasteiger partial charge in [-0.05, 0) is 43.2 Å². The van der Waals surface area contributed by atoms with Crippen LogP contribution < -0.4 is 10.6 Å². The third-order valence-electron chi connectivity index (χ3n) is 5.38. The highest BCUT2D eigenvalue weighted by atomic mass is 16.5. The van der Waals surface area contributed by atoms with Gasteiger partial charge in [0.05, 0.1) is 17.2 Å². The van der Waals surface area contributed by atoms with E-state index in [2.05, 4.69) is 32.2 Å². The Morgan fingerprint density at radius 1 is 1.03 bits per heavy atom. The molecule has 146 valence electrons. The highest BCUT2D eigenvalue weighted by Gasteiger charge is 2.19. The van der Waals surface area contributed by atoms with Crippen molar-refractivity contribution in [1.29, 1.82) is 0 Å². The number of fused-ring (bicyclic) bond motifs is 1. The molecule has 4 aromatic rings. The van der Waals surface area contributed by atoms with Gasteiger partial charge in [0.1, 0.15) is 5.52 Å². The zero-order valence-electron chi connectivity index (χ0n) is 15.8. The van der Waals surface area contributed by atoms with E-state index in [1.807, 2.05) is 36.4 Å². The van der Waals surface area contributed by atoms with E-state index >= 15 is 0 Å². The summed E-state index contributed by atoms with van der Waals surface area (Å²) in [6.45, 7) is 1.70. The number of rotatable bonds is 3. The summed E-state index contributed by atoms with van der Waals surface area (Å²) in [7, 11) is 0. The summed E-state index contributed by atoms with van der Waals surface area (Å²) in [5.41, 5.74) is 10.3. The molecular weight excluding hydrogens is 366 g/mol. The summed E-state index contributed by atoms with van der Waals surface area (Å²) in [6.07, 6.45) is 3.04. The van der Waals surface area contributed by atoms with Gasteiger partial charge < -0.3 is 20.3 Å². The number of hydrogen-bond acceptors (Lipinski definition) is 7. The molecule has 0 bridgehead atoms. The first-order valence-corrected chi connectivity index (χ1v) is 9.69. The molecule has 2 aromatic carbocycles. The number of hydrogen-bond donors (Lipinski definition) is 2. The van der Waals surface area contributed by atoms with Crippen molar-refractivity contribution >= 4 is 22.5 Å². The van der Waals surface area contributed by atoms with E-state index < -0.39 is 0 Å². The Hall–Kier alpha value is -3.45. The van der Waals surface area contributed by atoms with Crippen molar-refractivity contribution in [2.45, 2.75) is 18.9 Å². The molecule has 1 fully saturated rings. The van der Waals surface area contributed by atoms with Crippen LogP contribution >= 0.6 is 0 Å². The van der Waals surface area contributed by atoms with Crippen LogP contribution in [-0.2, 0) is 0 Å². The lowest BCUT2D eigenvalue weighted by Gasteiger charge is -2.31. The van der Waals surface area contributed by atoms with Crippen LogP contribution in [0.25, 0.3) is 33.5 Å². The minimum atomic E-state index is -0.193. The molecular formula is C22H21N5O2. The maximum Gasteiger partial charge on any atom is 0.220 e. The molecule has 0 amide bonds. The second kappa shape index (κ2) is 7.18. The third kappa shape index (κ3) is 3.40. The van der Waals surface area contributed by atoms with Crippen LogP contribution in [0.4, 0.5) is 11.6 Å². The van der Waals surface area contributed by atoms with E-state index in [-0.39, 0.29) is 12.1 Å². The zero-order valence-corrected chi connectivity index (χ0v) is 15.8. The number of piperidine rings is 1. The lowest BCUT2D eigenvalue weighted by atomic mass is 10.0. The Bertz CT molecular complexity index is 1160. The molecule has 7 heteroatoms. The molecule has 0 saturated carbocycles. The van der Waals surface area contributed by atoms with E-state index in [9.17, 15) is 5.11 Å². The van der Waals surface area contributed by atoms with Gasteiger partial charge in [-0.25, -0.2) is 9.97 Å². The predicted octanol–water partition coefficient (Wildman–Crippen LogP) is 3.50. The van der Waals surface area contributed by atoms with Gasteiger partial charge in [-0.15, -0.1) is 0 Å². The average molecular weight is 387 g/mol. The van der Waals surface area contributed by atoms with Gasteiger partial charge in [0.2, 0.25) is 5.95 Å². The quantitative estimate of drug-likeness (QED) is 0.555. The number of nitrogens with two attached hydrogens (primary N) is 1. The maximum absolute atomic E-state index is 9.77. The fourth-order valence-electron chi connectivity index (χ4n) is 3.81. The molecule has 0 spiro atoms. The summed E-state index contributed by atoms with van der Waals surface area (Å²) < 4.78 is 5.71. The number of anilines is 2. The van der Waals surface area contributed by atoms with E-state index in [0.717, 1.165) is 65.1 Å². The predicted molar refractivity (Wildman–Crippen MR) is 112 cm³/mol. The zero-order chi connectivity index (χ0) is 19.8. The topological polar surface area (TPSA) is 101 Å². The van der Waals surface area contributed by atoms with Crippen molar-refractivity contribution in [3.05, 3.63) is 54.7 Å². The van der Waals surface area contributed by atoms with Crippen LogP contribution in [0.15, 0.2) is 59.3 Å². The number of aromatic nitrogens is 3. The second-order valence-electron chi connectivity index (χ2n) is 7.31. The first kappa shape index (κ1) is 17.6. The van der Waals surface area contributed by atoms with Gasteiger partial charge in [-0.2, -0.15) is 0 Å². The average Bonchev–Trinajstić information content (AvgIpc) is 3.18. The molecule has 0 radical (unpaired) electrons. The number of nitrogen functional groups attached to an aromatic ring is 1. The maximum atomic E-state index is 9.77. The van der Waals surface area contributed by atoms with Crippen molar-refractivity contribution in [3.63, 3.8) is 0 Å². The SMILES string of the molecule is Nc1nccc(-c2ccc3noc(-c4cccc(N5CCC(O)CC5)c4)c3c2)n1. The molecule has 1 aliphatic rings. The molecule has 0 unspecified atom stereocenters. The Morgan fingerprint density at radius 2 is 1.90 bits per heavy atom. The molecule has 3 N–H and O–H groups in total. The highest BCUT2D eigenvalue weighted by Crippen LogP contribution is 2.34. The Kier molecular flexibility index (Phi) is 4.37. The Balaban J connectivity index is 1.53. The van der Waals surface area contributed by atoms with Crippen LogP contribution in [0.1, 0.15) is 12.8 Å². The van der Waals surface area contributed by atoms with E-state index in [1.165, 1.54) is 0 Å². The number of nitrogens with zero attached hydrogens (tertiary/aromatic N) is 4. The van der Waals surface area contributed by atoms with Crippen LogP contribution in [0.5, 0.6) is 0 Å². The van der Waals surface area contributed by atoms with Crippen molar-refractivity contribution in [1.82, 2.24) is 15.1 Å². The number of aliphatic hydroxyl groups is 1. The summed E-state index contributed by atoms with van der Waals surface area (Å²) in [5.74, 6) is 0.968. The monoisotopic (exact) mass is 387 g/mol. The highest BCUT2D eigenvalue weighted by molar-refractivity contribution is 5.94. The molecule has 7 nitrogen and oxygen atoms in total. The summed E-state index contributed by atoms with van der Waals surface area (Å²) in [4.78, 5) is 10.6. The molecule has 0 atom stereocenters. The van der Waals surface area contributed by atoms with E-state index in [1.54, 1.807) is 6.20 Å². The molecule has 29 heavy (non-hydrogen) atoms. The molecule has 3 heterocycles. The summed E-state index contributed by atoms with van der Waals surface area (Å²) in [5, 5.41) is 14.9. The van der Waals surface area contributed by atoms with E-state index in [0.29, 0.717) is 0 Å². The van der Waals surface area contributed by atoms with Gasteiger partial charge in [0, 0.05) is 36.1 Å². The smallest absolute Gasteiger partial charge is 0.220 e. The Labute approximate surface area is 167 Å². The number of aliphatic hydroxyl groups excluding tert-OH is 1. The van der Waals surface area contributed by atoms with Crippen LogP contribution in [0, 0.1) is 0 Å². The Morgan fingerprint density at radius 3 is 2.72 bits per heavy atom. The largest absolute Gasteiger partial charge is 0.393 e. The molecule has 1 saturated heterocycles. The van der Waals surface area contributed by atoms with Gasteiger partial charge in [-0.3, -0.25) is 0 Å². The van der Waals surface area contributed by atoms with Crippen molar-refractivity contribution < 1.29 is 9.63 Å². The standard InChI is InChI=1S/C22H21N5O2/c23-22-24-9-6-19(25-22)14-4-5-20-18(13-14)21(29-26-20)15-2-1-3-16(12-15)27-10-7-17(28)8-11-27/h1-6,9,12-13,17,28H,7-8,10-11H2,(H2,23,24,25). The van der Waals surface area contributed by atoms with Crippen molar-refractivity contribution in [2.75, 3.05) is 23.7 Å². The van der Waals surface area contributed by atoms with Crippen LogP contribution in [0.3, 0.4) is 0 Å². The summed E-state index contributed by atoms with van der Waals surface area (Å²) in [6, 6.07) is 16.0. The normalized spacial score (nSPS) is 15.1. The first-order valence-electron chi connectivity index (χ1n) is 9.69. The fraction of sp³-hybridized carbons (Fsp3) is 0.227. The van der Waals surface area contributed by atoms with Gasteiger partial charge in [-0.1, -0.05) is 23.4 Å². The molecule has 0 aliphatic carbocycles. The lowest BCUT2D eigenvalue weighted by Crippen LogP contribution is -2.35. The van der Waals surface area contributed by atoms with Crippen molar-refractivity contribution in [3.8, 4) is 22.6 Å². The van der Waals surface area contributed by atoms with Gasteiger partial charge in [0.15, 0.2) is 5.76 Å². The first-order chi connectivity index (χ1) is 14.2. The lowest BCUT2D eigenvalue weighted by molar-refractivity contribution is 0.145. The van der Waals surface area contributed by atoms with Gasteiger partial charge >= 0.3 is 0 Å². The minimum Gasteiger partial charge on any atom is -0.393 e.